The molecule has 0 radical (unpaired) electrons. The van der Waals surface area contributed by atoms with Crippen molar-refractivity contribution in [3.05, 3.63) is 29.8 Å². The Morgan fingerprint density at radius 1 is 1.26 bits per heavy atom. The monoisotopic (exact) mass is 315 g/mol. The summed E-state index contributed by atoms with van der Waals surface area (Å²) in [5, 5.41) is 12.1. The lowest BCUT2D eigenvalue weighted by Gasteiger charge is -2.32. The van der Waals surface area contributed by atoms with Gasteiger partial charge >= 0.3 is 5.97 Å². The van der Waals surface area contributed by atoms with Gasteiger partial charge in [0.2, 0.25) is 0 Å². The van der Waals surface area contributed by atoms with Crippen LogP contribution in [0.2, 0.25) is 0 Å². The first-order valence-corrected chi connectivity index (χ1v) is 7.75. The van der Waals surface area contributed by atoms with Crippen molar-refractivity contribution in [3.63, 3.8) is 0 Å². The third-order valence-electron chi connectivity index (χ3n) is 4.08. The smallest absolute Gasteiger partial charge is 0.338 e. The minimum absolute atomic E-state index is 0.325. The molecule has 0 bridgehead atoms. The quantitative estimate of drug-likeness (QED) is 0.654. The number of nitrogens with zero attached hydrogens (tertiary/aromatic N) is 1. The van der Waals surface area contributed by atoms with Crippen LogP contribution >= 0.6 is 0 Å². The van der Waals surface area contributed by atoms with E-state index in [0.29, 0.717) is 24.1 Å². The number of esters is 1. The molecular formula is C17H21N3O3. The molecule has 1 saturated carbocycles. The first kappa shape index (κ1) is 16.8. The fourth-order valence-electron chi connectivity index (χ4n) is 2.66. The van der Waals surface area contributed by atoms with Crippen LogP contribution in [0, 0.1) is 11.3 Å². The van der Waals surface area contributed by atoms with Gasteiger partial charge in [-0.25, -0.2) is 4.79 Å². The molecule has 1 amide bonds. The summed E-state index contributed by atoms with van der Waals surface area (Å²) in [6, 6.07) is 8.47. The Morgan fingerprint density at radius 3 is 2.43 bits per heavy atom. The molecule has 2 rings (SSSR count). The molecular weight excluding hydrogens is 294 g/mol. The number of anilines is 1. The molecule has 3 N–H and O–H groups in total. The molecule has 0 heterocycles. The van der Waals surface area contributed by atoms with Crippen molar-refractivity contribution in [2.45, 2.75) is 50.7 Å². The average Bonchev–Trinajstić information content (AvgIpc) is 2.56. The number of carbonyl (C=O) groups is 2. The van der Waals surface area contributed by atoms with Gasteiger partial charge in [-0.2, -0.15) is 5.26 Å². The molecule has 1 aromatic rings. The Labute approximate surface area is 135 Å². The highest BCUT2D eigenvalue weighted by molar-refractivity contribution is 5.92. The predicted octanol–water partition coefficient (Wildman–Crippen LogP) is 2.16. The Morgan fingerprint density at radius 2 is 1.87 bits per heavy atom. The van der Waals surface area contributed by atoms with Gasteiger partial charge in [0.15, 0.2) is 6.10 Å². The number of hydrogen-bond donors (Lipinski definition) is 2. The maximum absolute atomic E-state index is 12.2. The molecule has 0 spiro atoms. The van der Waals surface area contributed by atoms with Gasteiger partial charge in [0.1, 0.15) is 5.54 Å². The number of hydrogen-bond acceptors (Lipinski definition) is 5. The van der Waals surface area contributed by atoms with Crippen LogP contribution in [0.4, 0.5) is 5.69 Å². The van der Waals surface area contributed by atoms with Crippen LogP contribution in [0.1, 0.15) is 49.4 Å². The van der Waals surface area contributed by atoms with Crippen molar-refractivity contribution in [3.8, 4) is 6.07 Å². The van der Waals surface area contributed by atoms with Gasteiger partial charge in [-0.1, -0.05) is 19.3 Å². The first-order valence-electron chi connectivity index (χ1n) is 7.75. The number of carbonyl (C=O) groups excluding carboxylic acids is 2. The molecule has 6 nitrogen and oxygen atoms in total. The lowest BCUT2D eigenvalue weighted by molar-refractivity contribution is -0.130. The fourth-order valence-corrected chi connectivity index (χ4v) is 2.66. The molecule has 23 heavy (non-hydrogen) atoms. The van der Waals surface area contributed by atoms with E-state index >= 15 is 0 Å². The second-order valence-electron chi connectivity index (χ2n) is 5.91. The minimum Gasteiger partial charge on any atom is -0.449 e. The molecule has 122 valence electrons. The van der Waals surface area contributed by atoms with Crippen LogP contribution in [0.15, 0.2) is 24.3 Å². The topological polar surface area (TPSA) is 105 Å². The zero-order chi connectivity index (χ0) is 16.9. The van der Waals surface area contributed by atoms with Gasteiger partial charge in [-0.05, 0) is 44.0 Å². The average molecular weight is 315 g/mol. The van der Waals surface area contributed by atoms with Crippen molar-refractivity contribution < 1.29 is 14.3 Å². The zero-order valence-corrected chi connectivity index (χ0v) is 13.2. The van der Waals surface area contributed by atoms with E-state index in [9.17, 15) is 14.9 Å². The lowest BCUT2D eigenvalue weighted by atomic mass is 9.83. The molecule has 1 aliphatic rings. The maximum Gasteiger partial charge on any atom is 0.338 e. The van der Waals surface area contributed by atoms with Crippen LogP contribution in [0.25, 0.3) is 0 Å². The summed E-state index contributed by atoms with van der Waals surface area (Å²) < 4.78 is 5.17. The third-order valence-corrected chi connectivity index (χ3v) is 4.08. The van der Waals surface area contributed by atoms with Crippen LogP contribution in [-0.4, -0.2) is 23.5 Å². The van der Waals surface area contributed by atoms with Crippen LogP contribution < -0.4 is 11.1 Å². The Kier molecular flexibility index (Phi) is 5.22. The highest BCUT2D eigenvalue weighted by Crippen LogP contribution is 2.27. The van der Waals surface area contributed by atoms with E-state index in [1.165, 1.54) is 6.92 Å². The number of benzene rings is 1. The van der Waals surface area contributed by atoms with Gasteiger partial charge in [0.25, 0.3) is 5.91 Å². The number of nitrogens with two attached hydrogens (primary N) is 1. The zero-order valence-electron chi connectivity index (χ0n) is 13.2. The normalized spacial score (nSPS) is 17.6. The van der Waals surface area contributed by atoms with Crippen molar-refractivity contribution in [2.24, 2.45) is 0 Å². The summed E-state index contributed by atoms with van der Waals surface area (Å²) in [5.41, 5.74) is 5.60. The third kappa shape index (κ3) is 4.22. The van der Waals surface area contributed by atoms with Crippen LogP contribution in [-0.2, 0) is 9.53 Å². The molecule has 0 saturated heterocycles. The Bertz CT molecular complexity index is 613. The lowest BCUT2D eigenvalue weighted by Crippen LogP contribution is -2.52. The second-order valence-corrected chi connectivity index (χ2v) is 5.91. The van der Waals surface area contributed by atoms with Crippen molar-refractivity contribution in [1.82, 2.24) is 5.32 Å². The molecule has 1 atom stereocenters. The Hall–Kier alpha value is -2.55. The molecule has 1 aromatic carbocycles. The van der Waals surface area contributed by atoms with Gasteiger partial charge in [0, 0.05) is 5.69 Å². The van der Waals surface area contributed by atoms with Crippen molar-refractivity contribution in [2.75, 3.05) is 5.73 Å². The number of nitriles is 1. The second kappa shape index (κ2) is 7.14. The van der Waals surface area contributed by atoms with Crippen LogP contribution in [0.3, 0.4) is 0 Å². The van der Waals surface area contributed by atoms with E-state index < -0.39 is 23.5 Å². The number of nitrogen functional groups attached to an aromatic ring is 1. The highest BCUT2D eigenvalue weighted by Gasteiger charge is 2.35. The van der Waals surface area contributed by atoms with Gasteiger partial charge in [-0.15, -0.1) is 0 Å². The van der Waals surface area contributed by atoms with Crippen LogP contribution in [0.5, 0.6) is 0 Å². The van der Waals surface area contributed by atoms with E-state index in [1.54, 1.807) is 24.3 Å². The minimum atomic E-state index is -0.966. The molecule has 1 aliphatic carbocycles. The van der Waals surface area contributed by atoms with Gasteiger partial charge in [0.05, 0.1) is 11.6 Å². The molecule has 6 heteroatoms. The van der Waals surface area contributed by atoms with Gasteiger partial charge < -0.3 is 15.8 Å². The maximum atomic E-state index is 12.2. The molecule has 1 fully saturated rings. The standard InChI is InChI=1S/C17H21N3O3/c1-12(23-16(22)13-5-7-14(19)8-6-13)15(21)20-17(11-18)9-3-2-4-10-17/h5-8,12H,2-4,9-10,19H2,1H3,(H,20,21)/t12-/m1/s1. The van der Waals surface area contributed by atoms with E-state index in [0.717, 1.165) is 19.3 Å². The molecule has 0 aromatic heterocycles. The number of amides is 1. The molecule has 0 unspecified atom stereocenters. The largest absolute Gasteiger partial charge is 0.449 e. The van der Waals surface area contributed by atoms with E-state index in [1.807, 2.05) is 0 Å². The SMILES string of the molecule is C[C@@H](OC(=O)c1ccc(N)cc1)C(=O)NC1(C#N)CCCCC1. The predicted molar refractivity (Wildman–Crippen MR) is 85.3 cm³/mol. The van der Waals surface area contributed by atoms with Gasteiger partial charge in [-0.3, -0.25) is 4.79 Å². The number of nitrogens with one attached hydrogen (secondary N) is 1. The number of rotatable bonds is 4. The summed E-state index contributed by atoms with van der Waals surface area (Å²) in [5.74, 6) is -1.04. The summed E-state index contributed by atoms with van der Waals surface area (Å²) in [7, 11) is 0. The van der Waals surface area contributed by atoms with E-state index in [-0.39, 0.29) is 0 Å². The van der Waals surface area contributed by atoms with Crippen molar-refractivity contribution >= 4 is 17.6 Å². The number of ether oxygens (including phenoxy) is 1. The van der Waals surface area contributed by atoms with E-state index in [4.69, 9.17) is 10.5 Å². The summed E-state index contributed by atoms with van der Waals surface area (Å²) in [6.45, 7) is 1.50. The summed E-state index contributed by atoms with van der Waals surface area (Å²) >= 11 is 0. The fraction of sp³-hybridized carbons (Fsp3) is 0.471. The highest BCUT2D eigenvalue weighted by atomic mass is 16.5. The summed E-state index contributed by atoms with van der Waals surface area (Å²) in [4.78, 5) is 24.2. The summed E-state index contributed by atoms with van der Waals surface area (Å²) in [6.07, 6.45) is 3.19. The van der Waals surface area contributed by atoms with E-state index in [2.05, 4.69) is 11.4 Å². The molecule has 0 aliphatic heterocycles. The first-order chi connectivity index (χ1) is 11.0. The Balaban J connectivity index is 1.95. The van der Waals surface area contributed by atoms with Crippen molar-refractivity contribution in [1.29, 1.82) is 5.26 Å².